The van der Waals surface area contributed by atoms with Gasteiger partial charge in [0.05, 0.1) is 6.61 Å². The molecule has 21 heavy (non-hydrogen) atoms. The molecule has 116 valence electrons. The molecule has 0 aliphatic rings. The molecule has 8 heteroatoms. The molecule has 1 amide bonds. The molecule has 0 spiro atoms. The first-order valence-corrected chi connectivity index (χ1v) is 5.96. The standard InChI is InChI=1S/C13H14F3NO4/c1-8(12(19)20)17-11(18)10-4-2-9(3-5-10)6-21-7-13(14,15)16/h2-5,8H,6-7H2,1H3,(H,17,18)(H,19,20)/t8-/m0/s1. The summed E-state index contributed by atoms with van der Waals surface area (Å²) >= 11 is 0. The van der Waals surface area contributed by atoms with Gasteiger partial charge in [-0.15, -0.1) is 0 Å². The number of halogens is 3. The Morgan fingerprint density at radius 2 is 1.86 bits per heavy atom. The Balaban J connectivity index is 2.53. The Bertz CT molecular complexity index is 499. The first kappa shape index (κ1) is 17.0. The third kappa shape index (κ3) is 6.26. The lowest BCUT2D eigenvalue weighted by atomic mass is 10.1. The average Bonchev–Trinajstić information content (AvgIpc) is 2.37. The minimum Gasteiger partial charge on any atom is -0.480 e. The molecular weight excluding hydrogens is 291 g/mol. The number of ether oxygens (including phenoxy) is 1. The second-order valence-corrected chi connectivity index (χ2v) is 4.34. The van der Waals surface area contributed by atoms with Crippen LogP contribution in [0.1, 0.15) is 22.8 Å². The number of carboxylic acids is 1. The van der Waals surface area contributed by atoms with Crippen LogP contribution in [0.4, 0.5) is 13.2 Å². The van der Waals surface area contributed by atoms with Gasteiger partial charge in [0.1, 0.15) is 12.6 Å². The van der Waals surface area contributed by atoms with Crippen molar-refractivity contribution in [1.29, 1.82) is 0 Å². The predicted octanol–water partition coefficient (Wildman–Crippen LogP) is 1.97. The first-order chi connectivity index (χ1) is 9.69. The fourth-order valence-corrected chi connectivity index (χ4v) is 1.38. The summed E-state index contributed by atoms with van der Waals surface area (Å²) in [4.78, 5) is 22.3. The largest absolute Gasteiger partial charge is 0.480 e. The maximum absolute atomic E-state index is 11.9. The molecule has 1 atom stereocenters. The number of benzene rings is 1. The van der Waals surface area contributed by atoms with Crippen LogP contribution in [0.15, 0.2) is 24.3 Å². The van der Waals surface area contributed by atoms with E-state index in [1.807, 2.05) is 0 Å². The van der Waals surface area contributed by atoms with Crippen LogP contribution in [-0.4, -0.2) is 35.8 Å². The predicted molar refractivity (Wildman–Crippen MR) is 66.7 cm³/mol. The van der Waals surface area contributed by atoms with E-state index < -0.39 is 30.7 Å². The highest BCUT2D eigenvalue weighted by Crippen LogP contribution is 2.15. The van der Waals surface area contributed by atoms with Gasteiger partial charge in [-0.05, 0) is 24.6 Å². The van der Waals surface area contributed by atoms with Crippen molar-refractivity contribution in [2.45, 2.75) is 25.7 Å². The Kier molecular flexibility index (Phi) is 5.71. The van der Waals surface area contributed by atoms with E-state index in [9.17, 15) is 22.8 Å². The Morgan fingerprint density at radius 3 is 2.33 bits per heavy atom. The zero-order chi connectivity index (χ0) is 16.0. The first-order valence-electron chi connectivity index (χ1n) is 5.96. The van der Waals surface area contributed by atoms with Gasteiger partial charge in [0.15, 0.2) is 0 Å². The van der Waals surface area contributed by atoms with E-state index in [1.54, 1.807) is 0 Å². The lowest BCUT2D eigenvalue weighted by molar-refractivity contribution is -0.176. The van der Waals surface area contributed by atoms with Gasteiger partial charge < -0.3 is 15.2 Å². The summed E-state index contributed by atoms with van der Waals surface area (Å²) in [7, 11) is 0. The Morgan fingerprint density at radius 1 is 1.29 bits per heavy atom. The van der Waals surface area contributed by atoms with Crippen LogP contribution in [0.25, 0.3) is 0 Å². The normalized spacial score (nSPS) is 12.8. The number of aliphatic carboxylic acids is 1. The Hall–Kier alpha value is -2.09. The Labute approximate surface area is 118 Å². The zero-order valence-electron chi connectivity index (χ0n) is 11.1. The number of nitrogens with one attached hydrogen (secondary N) is 1. The van der Waals surface area contributed by atoms with Gasteiger partial charge in [0.25, 0.3) is 5.91 Å². The van der Waals surface area contributed by atoms with E-state index in [0.717, 1.165) is 0 Å². The summed E-state index contributed by atoms with van der Waals surface area (Å²) in [6.45, 7) is -0.252. The van der Waals surface area contributed by atoms with E-state index in [-0.39, 0.29) is 12.2 Å². The van der Waals surface area contributed by atoms with Gasteiger partial charge in [0.2, 0.25) is 0 Å². The van der Waals surface area contributed by atoms with Gasteiger partial charge >= 0.3 is 12.1 Å². The number of carboxylic acid groups (broad SMARTS) is 1. The van der Waals surface area contributed by atoms with Crippen LogP contribution >= 0.6 is 0 Å². The molecule has 0 saturated carbocycles. The molecule has 0 saturated heterocycles. The second-order valence-electron chi connectivity index (χ2n) is 4.34. The van der Waals surface area contributed by atoms with Gasteiger partial charge in [-0.25, -0.2) is 0 Å². The van der Waals surface area contributed by atoms with Gasteiger partial charge in [-0.3, -0.25) is 9.59 Å². The van der Waals surface area contributed by atoms with Gasteiger partial charge in [-0.1, -0.05) is 12.1 Å². The van der Waals surface area contributed by atoms with Crippen molar-refractivity contribution >= 4 is 11.9 Å². The number of rotatable bonds is 6. The SMILES string of the molecule is C[C@H](NC(=O)c1ccc(COCC(F)(F)F)cc1)C(=O)O. The monoisotopic (exact) mass is 305 g/mol. The molecule has 0 aliphatic heterocycles. The topological polar surface area (TPSA) is 75.6 Å². The maximum Gasteiger partial charge on any atom is 0.411 e. The highest BCUT2D eigenvalue weighted by atomic mass is 19.4. The van der Waals surface area contributed by atoms with Crippen LogP contribution in [-0.2, 0) is 16.1 Å². The number of hydrogen-bond donors (Lipinski definition) is 2. The summed E-state index contributed by atoms with van der Waals surface area (Å²) < 4.78 is 40.1. The molecule has 1 aromatic carbocycles. The molecule has 0 aromatic heterocycles. The molecule has 2 N–H and O–H groups in total. The van der Waals surface area contributed by atoms with Crippen molar-refractivity contribution < 1.29 is 32.6 Å². The van der Waals surface area contributed by atoms with Crippen molar-refractivity contribution in [3.05, 3.63) is 35.4 Å². The fourth-order valence-electron chi connectivity index (χ4n) is 1.38. The minimum absolute atomic E-state index is 0.211. The van der Waals surface area contributed by atoms with Crippen LogP contribution in [0.3, 0.4) is 0 Å². The number of carbonyl (C=O) groups is 2. The summed E-state index contributed by atoms with van der Waals surface area (Å²) in [5, 5.41) is 10.9. The molecule has 0 fully saturated rings. The molecule has 0 heterocycles. The third-order valence-electron chi connectivity index (χ3n) is 2.47. The third-order valence-corrected chi connectivity index (χ3v) is 2.47. The molecule has 5 nitrogen and oxygen atoms in total. The lowest BCUT2D eigenvalue weighted by Crippen LogP contribution is -2.38. The molecule has 1 aromatic rings. The molecule has 0 aliphatic carbocycles. The summed E-state index contributed by atoms with van der Waals surface area (Å²) in [5.74, 6) is -1.74. The van der Waals surface area contributed by atoms with Crippen molar-refractivity contribution in [2.75, 3.05) is 6.61 Å². The van der Waals surface area contributed by atoms with Gasteiger partial charge in [-0.2, -0.15) is 13.2 Å². The summed E-state index contributed by atoms with van der Waals surface area (Å²) in [5.41, 5.74) is 0.685. The van der Waals surface area contributed by atoms with E-state index in [4.69, 9.17) is 5.11 Å². The van der Waals surface area contributed by atoms with Gasteiger partial charge in [0, 0.05) is 5.56 Å². The zero-order valence-corrected chi connectivity index (χ0v) is 11.1. The van der Waals surface area contributed by atoms with Crippen LogP contribution < -0.4 is 5.32 Å². The molecule has 0 bridgehead atoms. The second kappa shape index (κ2) is 7.07. The van der Waals surface area contributed by atoms with E-state index in [0.29, 0.717) is 5.56 Å². The van der Waals surface area contributed by atoms with E-state index in [2.05, 4.69) is 10.1 Å². The van der Waals surface area contributed by atoms with Crippen LogP contribution in [0.5, 0.6) is 0 Å². The molecule has 1 rings (SSSR count). The van der Waals surface area contributed by atoms with Crippen LogP contribution in [0, 0.1) is 0 Å². The number of carbonyl (C=O) groups excluding carboxylic acids is 1. The van der Waals surface area contributed by atoms with Crippen molar-refractivity contribution in [3.8, 4) is 0 Å². The smallest absolute Gasteiger partial charge is 0.411 e. The number of alkyl halides is 3. The highest BCUT2D eigenvalue weighted by molar-refractivity contribution is 5.96. The number of amides is 1. The summed E-state index contributed by atoms with van der Waals surface area (Å²) in [6.07, 6.45) is -4.38. The average molecular weight is 305 g/mol. The fraction of sp³-hybridized carbons (Fsp3) is 0.385. The lowest BCUT2D eigenvalue weighted by Gasteiger charge is -2.10. The molecule has 0 unspecified atom stereocenters. The van der Waals surface area contributed by atoms with E-state index >= 15 is 0 Å². The highest BCUT2D eigenvalue weighted by Gasteiger charge is 2.27. The molecule has 0 radical (unpaired) electrons. The quantitative estimate of drug-likeness (QED) is 0.842. The van der Waals surface area contributed by atoms with Crippen LogP contribution in [0.2, 0.25) is 0 Å². The number of hydrogen-bond acceptors (Lipinski definition) is 3. The van der Waals surface area contributed by atoms with Crippen molar-refractivity contribution in [1.82, 2.24) is 5.32 Å². The maximum atomic E-state index is 11.9. The molecular formula is C13H14F3NO4. The van der Waals surface area contributed by atoms with E-state index in [1.165, 1.54) is 31.2 Å². The minimum atomic E-state index is -4.38. The summed E-state index contributed by atoms with van der Waals surface area (Å²) in [6, 6.07) is 4.62. The van der Waals surface area contributed by atoms with Crippen molar-refractivity contribution in [3.63, 3.8) is 0 Å². The van der Waals surface area contributed by atoms with Crippen molar-refractivity contribution in [2.24, 2.45) is 0 Å².